The summed E-state index contributed by atoms with van der Waals surface area (Å²) in [5.41, 5.74) is 8.49. The normalized spacial score (nSPS) is 17.7. The number of benzene rings is 5. The molecule has 11 heteroatoms. The number of nitro benzene ring substituents is 1. The van der Waals surface area contributed by atoms with Gasteiger partial charge >= 0.3 is 0 Å². The van der Waals surface area contributed by atoms with Crippen molar-refractivity contribution < 1.29 is 28.7 Å². The lowest BCUT2D eigenvalue weighted by atomic mass is 9.98. The minimum absolute atomic E-state index is 0.00560. The molecule has 0 unspecified atom stereocenters. The first-order chi connectivity index (χ1) is 26.2. The summed E-state index contributed by atoms with van der Waals surface area (Å²) in [5, 5.41) is 12.0. The van der Waals surface area contributed by atoms with E-state index in [9.17, 15) is 19.7 Å². The smallest absolute Gasteiger partial charge is 0.270 e. The van der Waals surface area contributed by atoms with Crippen LogP contribution in [-0.4, -0.2) is 42.1 Å². The summed E-state index contributed by atoms with van der Waals surface area (Å²) in [5.74, 6) is 1.16. The first-order valence-electron chi connectivity index (χ1n) is 18.0. The van der Waals surface area contributed by atoms with Gasteiger partial charge < -0.3 is 19.1 Å². The predicted octanol–water partition coefficient (Wildman–Crippen LogP) is 7.87. The third-order valence-corrected chi connectivity index (χ3v) is 10.8. The Labute approximate surface area is 311 Å². The van der Waals surface area contributed by atoms with E-state index in [1.54, 1.807) is 23.2 Å². The number of para-hydroxylation sites is 2. The molecule has 0 aromatic heterocycles. The number of aryl methyl sites for hydroxylation is 2. The summed E-state index contributed by atoms with van der Waals surface area (Å²) in [6.07, 6.45) is 4.90. The number of nitro groups is 1. The van der Waals surface area contributed by atoms with Crippen LogP contribution in [0.3, 0.4) is 0 Å². The van der Waals surface area contributed by atoms with Crippen LogP contribution in [0.5, 0.6) is 17.2 Å². The monoisotopic (exact) mass is 720 g/mol. The van der Waals surface area contributed by atoms with Crippen LogP contribution in [0.2, 0.25) is 0 Å². The molecule has 4 aliphatic heterocycles. The van der Waals surface area contributed by atoms with Gasteiger partial charge in [-0.05, 0) is 96.0 Å². The number of carbonyl (C=O) groups is 2. The second-order valence-electron chi connectivity index (χ2n) is 14.2. The highest BCUT2D eigenvalue weighted by atomic mass is 16.6. The van der Waals surface area contributed by atoms with Gasteiger partial charge in [-0.1, -0.05) is 36.4 Å². The van der Waals surface area contributed by atoms with Crippen molar-refractivity contribution in [2.75, 3.05) is 16.9 Å². The molecule has 0 bridgehead atoms. The SMILES string of the molecule is COc1cc2c(cc1OCc1cc(COc3cc4c(cc3C)C(=O)N3c5ccccc5C[C@H]3CC4)cc([N+](=O)[O-])c1)N=C[C@@H]1Cc3ccccc3N1C2=O. The predicted molar refractivity (Wildman–Crippen MR) is 204 cm³/mol. The average Bonchev–Trinajstić information content (AvgIpc) is 3.67. The Balaban J connectivity index is 0.936. The number of fused-ring (bicyclic) bond motifs is 8. The van der Waals surface area contributed by atoms with Crippen molar-refractivity contribution in [3.63, 3.8) is 0 Å². The maximum absolute atomic E-state index is 13.8. The Hall–Kier alpha value is -6.49. The number of amides is 2. The summed E-state index contributed by atoms with van der Waals surface area (Å²) in [6.45, 7) is 1.97. The number of carbonyl (C=O) groups excluding carboxylic acids is 2. The number of methoxy groups -OCH3 is 1. The van der Waals surface area contributed by atoms with Crippen molar-refractivity contribution >= 4 is 40.8 Å². The highest BCUT2D eigenvalue weighted by molar-refractivity contribution is 6.15. The Morgan fingerprint density at radius 1 is 0.759 bits per heavy atom. The first kappa shape index (κ1) is 33.4. The van der Waals surface area contributed by atoms with Gasteiger partial charge in [0.25, 0.3) is 17.5 Å². The fourth-order valence-corrected chi connectivity index (χ4v) is 8.24. The second-order valence-corrected chi connectivity index (χ2v) is 14.2. The summed E-state index contributed by atoms with van der Waals surface area (Å²) >= 11 is 0. The molecule has 11 nitrogen and oxygen atoms in total. The molecule has 270 valence electrons. The van der Waals surface area contributed by atoms with Crippen LogP contribution in [0, 0.1) is 17.0 Å². The molecule has 2 amide bonds. The minimum atomic E-state index is -0.440. The van der Waals surface area contributed by atoms with Gasteiger partial charge in [0.2, 0.25) is 0 Å². The van der Waals surface area contributed by atoms with Gasteiger partial charge in [-0.3, -0.25) is 29.6 Å². The van der Waals surface area contributed by atoms with E-state index >= 15 is 0 Å². The standard InChI is InChI=1S/C43H36N4O7/c1-25-13-34-28(11-12-31-17-29-7-3-5-9-37(29)45(31)42(34)48)19-39(25)53-23-26-14-27(16-32(15-26)47(50)51)24-54-41-21-36-35(20-40(41)52-2)43(49)46-33(22-44-36)18-30-8-4-6-10-38(30)46/h3-10,13-16,19-22,31,33H,11-12,17-18,23-24H2,1-2H3/t31-,33+/m1/s1. The number of rotatable bonds is 8. The zero-order chi connectivity index (χ0) is 37.1. The summed E-state index contributed by atoms with van der Waals surface area (Å²) in [6, 6.07) is 27.8. The van der Waals surface area contributed by atoms with Crippen molar-refractivity contribution in [3.8, 4) is 17.2 Å². The van der Waals surface area contributed by atoms with Crippen molar-refractivity contribution in [2.45, 2.75) is 57.9 Å². The van der Waals surface area contributed by atoms with E-state index in [1.165, 1.54) is 24.8 Å². The molecule has 0 radical (unpaired) electrons. The van der Waals surface area contributed by atoms with E-state index in [0.717, 1.165) is 47.3 Å². The minimum Gasteiger partial charge on any atom is -0.493 e. The highest BCUT2D eigenvalue weighted by Gasteiger charge is 2.38. The van der Waals surface area contributed by atoms with Gasteiger partial charge in [0.1, 0.15) is 19.0 Å². The molecule has 0 aliphatic carbocycles. The first-order valence-corrected chi connectivity index (χ1v) is 18.0. The molecule has 4 heterocycles. The molecular weight excluding hydrogens is 684 g/mol. The molecule has 0 saturated heterocycles. The number of nitrogens with zero attached hydrogens (tertiary/aromatic N) is 4. The quantitative estimate of drug-likeness (QED) is 0.118. The molecule has 0 fully saturated rings. The van der Waals surface area contributed by atoms with Crippen LogP contribution >= 0.6 is 0 Å². The average molecular weight is 721 g/mol. The summed E-state index contributed by atoms with van der Waals surface area (Å²) < 4.78 is 18.1. The fraction of sp³-hybridized carbons (Fsp3) is 0.233. The van der Waals surface area contributed by atoms with Gasteiger partial charge in [0, 0.05) is 53.8 Å². The van der Waals surface area contributed by atoms with Crippen LogP contribution in [0.25, 0.3) is 0 Å². The zero-order valence-corrected chi connectivity index (χ0v) is 29.8. The number of anilines is 2. The molecule has 4 aliphatic rings. The molecule has 0 saturated carbocycles. The topological polar surface area (TPSA) is 124 Å². The molecule has 0 N–H and O–H groups in total. The fourth-order valence-electron chi connectivity index (χ4n) is 8.24. The van der Waals surface area contributed by atoms with Crippen LogP contribution in [0.1, 0.15) is 60.5 Å². The van der Waals surface area contributed by atoms with Crippen LogP contribution in [0.4, 0.5) is 22.7 Å². The van der Waals surface area contributed by atoms with Crippen LogP contribution in [0.15, 0.2) is 96.0 Å². The van der Waals surface area contributed by atoms with Gasteiger partial charge in [-0.2, -0.15) is 0 Å². The molecule has 5 aromatic carbocycles. The number of ether oxygens (including phenoxy) is 3. The van der Waals surface area contributed by atoms with Gasteiger partial charge in [-0.15, -0.1) is 0 Å². The van der Waals surface area contributed by atoms with Crippen molar-refractivity contribution in [2.24, 2.45) is 4.99 Å². The van der Waals surface area contributed by atoms with Gasteiger partial charge in [0.15, 0.2) is 11.5 Å². The van der Waals surface area contributed by atoms with E-state index in [0.29, 0.717) is 51.6 Å². The molecular formula is C43H36N4O7. The van der Waals surface area contributed by atoms with E-state index in [4.69, 9.17) is 14.2 Å². The number of hydrogen-bond donors (Lipinski definition) is 0. The van der Waals surface area contributed by atoms with Crippen LogP contribution < -0.4 is 24.0 Å². The lowest BCUT2D eigenvalue weighted by Gasteiger charge is -2.23. The summed E-state index contributed by atoms with van der Waals surface area (Å²) in [7, 11) is 1.50. The maximum atomic E-state index is 13.8. The Bertz CT molecular complexity index is 2420. The molecule has 9 rings (SSSR count). The van der Waals surface area contributed by atoms with E-state index in [2.05, 4.69) is 11.1 Å². The third-order valence-electron chi connectivity index (χ3n) is 10.8. The zero-order valence-electron chi connectivity index (χ0n) is 29.8. The van der Waals surface area contributed by atoms with Gasteiger partial charge in [-0.25, -0.2) is 0 Å². The van der Waals surface area contributed by atoms with E-state index < -0.39 is 4.92 Å². The van der Waals surface area contributed by atoms with Gasteiger partial charge in [0.05, 0.1) is 29.3 Å². The molecule has 54 heavy (non-hydrogen) atoms. The van der Waals surface area contributed by atoms with Crippen LogP contribution in [-0.2, 0) is 32.5 Å². The van der Waals surface area contributed by atoms with Crippen molar-refractivity contribution in [3.05, 3.63) is 146 Å². The van der Waals surface area contributed by atoms with E-state index in [-0.39, 0.29) is 42.8 Å². The second kappa shape index (κ2) is 13.2. The Morgan fingerprint density at radius 3 is 2.15 bits per heavy atom. The lowest BCUT2D eigenvalue weighted by molar-refractivity contribution is -0.385. The molecule has 2 atom stereocenters. The molecule has 5 aromatic rings. The number of hydrogen-bond acceptors (Lipinski definition) is 8. The highest BCUT2D eigenvalue weighted by Crippen LogP contribution is 2.42. The lowest BCUT2D eigenvalue weighted by Crippen LogP contribution is -2.37. The largest absolute Gasteiger partial charge is 0.493 e. The van der Waals surface area contributed by atoms with E-state index in [1.807, 2.05) is 72.5 Å². The number of aliphatic imine (C=N–C) groups is 1. The Kier molecular flexibility index (Phi) is 8.14. The van der Waals surface area contributed by atoms with Crippen molar-refractivity contribution in [1.82, 2.24) is 0 Å². The maximum Gasteiger partial charge on any atom is 0.270 e. The third kappa shape index (κ3) is 5.72. The van der Waals surface area contributed by atoms with Crippen molar-refractivity contribution in [1.29, 1.82) is 0 Å². The summed E-state index contributed by atoms with van der Waals surface area (Å²) in [4.78, 5) is 47.6. The Morgan fingerprint density at radius 2 is 1.43 bits per heavy atom. The molecule has 0 spiro atoms. The number of non-ortho nitro benzene ring substituents is 1.